The minimum absolute atomic E-state index is 0.0225. The highest BCUT2D eigenvalue weighted by atomic mass is 32.2. The topological polar surface area (TPSA) is 122 Å². The Labute approximate surface area is 196 Å². The van der Waals surface area contributed by atoms with Crippen molar-refractivity contribution < 1.29 is 8.42 Å². The quantitative estimate of drug-likeness (QED) is 0.254. The summed E-state index contributed by atoms with van der Waals surface area (Å²) in [5, 5.41) is 15.6. The zero-order chi connectivity index (χ0) is 23.4. The number of anilines is 4. The highest BCUT2D eigenvalue weighted by Crippen LogP contribution is 2.26. The molecule has 0 amide bonds. The molecule has 1 heterocycles. The molecule has 8 nitrogen and oxygen atoms in total. The van der Waals surface area contributed by atoms with Crippen LogP contribution in [0.4, 0.5) is 22.9 Å². The average Bonchev–Trinajstić information content (AvgIpc) is 2.79. The fourth-order valence-corrected chi connectivity index (χ4v) is 3.83. The molecular formula is C23H18N6O2S2. The third-order valence-electron chi connectivity index (χ3n) is 4.63. The van der Waals surface area contributed by atoms with Crippen molar-refractivity contribution in [1.29, 1.82) is 0 Å². The highest BCUT2D eigenvalue weighted by molar-refractivity contribution is 7.89. The third-order valence-corrected chi connectivity index (χ3v) is 5.76. The van der Waals surface area contributed by atoms with Crippen LogP contribution in [0.5, 0.6) is 0 Å². The van der Waals surface area contributed by atoms with E-state index in [2.05, 4.69) is 31.8 Å². The van der Waals surface area contributed by atoms with E-state index in [0.29, 0.717) is 16.6 Å². The number of hydrogen-bond donors (Lipinski definition) is 4. The number of nitrogens with zero attached hydrogens (tertiary/aromatic N) is 2. The van der Waals surface area contributed by atoms with Gasteiger partial charge in [-0.05, 0) is 72.9 Å². The number of benzene rings is 3. The normalized spacial score (nSPS) is 10.9. The van der Waals surface area contributed by atoms with Gasteiger partial charge in [0.05, 0.1) is 10.4 Å². The van der Waals surface area contributed by atoms with Crippen LogP contribution in [0.25, 0.3) is 10.9 Å². The number of hydrogen-bond acceptors (Lipinski definition) is 6. The smallest absolute Gasteiger partial charge is 0.238 e. The Balaban J connectivity index is 1.53. The minimum Gasteiger partial charge on any atom is -0.340 e. The Bertz CT molecular complexity index is 1500. The van der Waals surface area contributed by atoms with Gasteiger partial charge in [-0.1, -0.05) is 12.0 Å². The fraction of sp³-hybridized carbons (Fsp3) is 0. The molecular weight excluding hydrogens is 456 g/mol. The Kier molecular flexibility index (Phi) is 6.19. The lowest BCUT2D eigenvalue weighted by Crippen LogP contribution is -2.19. The first-order chi connectivity index (χ1) is 15.8. The van der Waals surface area contributed by atoms with Gasteiger partial charge in [0.2, 0.25) is 10.0 Å². The maximum atomic E-state index is 11.4. The summed E-state index contributed by atoms with van der Waals surface area (Å²) < 4.78 is 22.8. The van der Waals surface area contributed by atoms with Crippen LogP contribution < -0.4 is 21.1 Å². The first-order valence-electron chi connectivity index (χ1n) is 9.61. The number of thiocarbonyl (C=S) groups is 1. The molecule has 4 rings (SSSR count). The summed E-state index contributed by atoms with van der Waals surface area (Å²) in [6.07, 6.45) is 6.97. The number of primary sulfonamides is 1. The van der Waals surface area contributed by atoms with E-state index in [0.717, 1.165) is 27.8 Å². The number of aromatic nitrogens is 2. The molecule has 0 aliphatic rings. The summed E-state index contributed by atoms with van der Waals surface area (Å²) in [6, 6.07) is 19.0. The lowest BCUT2D eigenvalue weighted by atomic mass is 10.2. The molecule has 0 bridgehead atoms. The first-order valence-corrected chi connectivity index (χ1v) is 11.6. The molecule has 0 saturated carbocycles. The monoisotopic (exact) mass is 474 g/mol. The molecule has 5 N–H and O–H groups in total. The van der Waals surface area contributed by atoms with E-state index in [1.807, 2.05) is 42.5 Å². The average molecular weight is 475 g/mol. The van der Waals surface area contributed by atoms with Gasteiger partial charge in [-0.15, -0.1) is 6.42 Å². The number of nitrogens with two attached hydrogens (primary N) is 1. The van der Waals surface area contributed by atoms with Gasteiger partial charge in [0.25, 0.3) is 0 Å². The van der Waals surface area contributed by atoms with Crippen LogP contribution in [0.15, 0.2) is 78.0 Å². The lowest BCUT2D eigenvalue weighted by Gasteiger charge is -2.13. The second-order valence-electron chi connectivity index (χ2n) is 6.95. The van der Waals surface area contributed by atoms with E-state index in [-0.39, 0.29) is 4.90 Å². The van der Waals surface area contributed by atoms with Crippen LogP contribution >= 0.6 is 12.2 Å². The summed E-state index contributed by atoms with van der Waals surface area (Å²) in [7, 11) is -3.75. The molecule has 0 spiro atoms. The maximum absolute atomic E-state index is 11.4. The van der Waals surface area contributed by atoms with Crippen molar-refractivity contribution in [1.82, 2.24) is 9.97 Å². The Morgan fingerprint density at radius 1 is 0.939 bits per heavy atom. The molecule has 0 saturated heterocycles. The summed E-state index contributed by atoms with van der Waals surface area (Å²) >= 11 is 5.38. The Morgan fingerprint density at radius 2 is 1.67 bits per heavy atom. The summed E-state index contributed by atoms with van der Waals surface area (Å²) in [5.74, 6) is 3.23. The van der Waals surface area contributed by atoms with E-state index < -0.39 is 10.0 Å². The molecule has 4 aromatic rings. The lowest BCUT2D eigenvalue weighted by molar-refractivity contribution is 0.598. The standard InChI is InChI=1S/C23H18N6O2S2/c1-2-15-4-3-5-17(12-15)27-22-20-13-18(8-11-21(20)25-14-26-22)29-23(32)28-16-6-9-19(10-7-16)33(24,30)31/h1,3-14H,(H2,24,30,31)(H,25,26,27)(H2,28,29,32). The van der Waals surface area contributed by atoms with E-state index in [4.69, 9.17) is 23.8 Å². The van der Waals surface area contributed by atoms with Gasteiger partial charge >= 0.3 is 0 Å². The Hall–Kier alpha value is -4.04. The second-order valence-corrected chi connectivity index (χ2v) is 8.92. The van der Waals surface area contributed by atoms with Crippen molar-refractivity contribution in [2.24, 2.45) is 5.14 Å². The van der Waals surface area contributed by atoms with Crippen LogP contribution in [0.3, 0.4) is 0 Å². The van der Waals surface area contributed by atoms with Crippen LogP contribution in [0.1, 0.15) is 5.56 Å². The highest BCUT2D eigenvalue weighted by Gasteiger charge is 2.09. The zero-order valence-electron chi connectivity index (χ0n) is 17.1. The molecule has 0 radical (unpaired) electrons. The summed E-state index contributed by atoms with van der Waals surface area (Å²) in [4.78, 5) is 8.70. The van der Waals surface area contributed by atoms with E-state index >= 15 is 0 Å². The van der Waals surface area contributed by atoms with E-state index in [1.54, 1.807) is 12.1 Å². The van der Waals surface area contributed by atoms with Gasteiger partial charge < -0.3 is 16.0 Å². The molecule has 0 fully saturated rings. The molecule has 1 aromatic heterocycles. The van der Waals surface area contributed by atoms with Crippen molar-refractivity contribution in [2.75, 3.05) is 16.0 Å². The molecule has 33 heavy (non-hydrogen) atoms. The van der Waals surface area contributed by atoms with E-state index in [1.165, 1.54) is 18.5 Å². The van der Waals surface area contributed by atoms with Crippen molar-refractivity contribution in [2.45, 2.75) is 4.90 Å². The zero-order valence-corrected chi connectivity index (χ0v) is 18.7. The predicted octanol–water partition coefficient (Wildman–Crippen LogP) is 3.81. The number of nitrogens with one attached hydrogen (secondary N) is 3. The second kappa shape index (κ2) is 9.22. The summed E-state index contributed by atoms with van der Waals surface area (Å²) in [5.41, 5.74) is 3.65. The largest absolute Gasteiger partial charge is 0.340 e. The van der Waals surface area contributed by atoms with Crippen LogP contribution in [-0.4, -0.2) is 23.5 Å². The van der Waals surface area contributed by atoms with Crippen LogP contribution in [0.2, 0.25) is 0 Å². The Morgan fingerprint density at radius 3 is 2.39 bits per heavy atom. The molecule has 0 unspecified atom stereocenters. The van der Waals surface area contributed by atoms with Gasteiger partial charge in [-0.2, -0.15) is 0 Å². The van der Waals surface area contributed by atoms with Crippen molar-refractivity contribution in [3.8, 4) is 12.3 Å². The first kappa shape index (κ1) is 22.2. The van der Waals surface area contributed by atoms with Crippen molar-refractivity contribution in [3.05, 3.63) is 78.6 Å². The maximum Gasteiger partial charge on any atom is 0.238 e. The number of terminal acetylenes is 1. The number of sulfonamides is 1. The van der Waals surface area contributed by atoms with Crippen LogP contribution in [-0.2, 0) is 10.0 Å². The molecule has 0 aliphatic carbocycles. The van der Waals surface area contributed by atoms with Gasteiger partial charge in [0.1, 0.15) is 12.1 Å². The van der Waals surface area contributed by atoms with Crippen LogP contribution in [0, 0.1) is 12.3 Å². The summed E-state index contributed by atoms with van der Waals surface area (Å²) in [6.45, 7) is 0. The molecule has 3 aromatic carbocycles. The van der Waals surface area contributed by atoms with Gasteiger partial charge in [-0.3, -0.25) is 0 Å². The molecule has 0 atom stereocenters. The fourth-order valence-electron chi connectivity index (χ4n) is 3.08. The SMILES string of the molecule is C#Cc1cccc(Nc2ncnc3ccc(NC(=S)Nc4ccc(S(N)(=O)=O)cc4)cc23)c1. The van der Waals surface area contributed by atoms with Gasteiger partial charge in [0.15, 0.2) is 5.11 Å². The third kappa shape index (κ3) is 5.42. The molecule has 10 heteroatoms. The van der Waals surface area contributed by atoms with Gasteiger partial charge in [0, 0.05) is 28.0 Å². The number of rotatable bonds is 5. The van der Waals surface area contributed by atoms with Gasteiger partial charge in [-0.25, -0.2) is 23.5 Å². The van der Waals surface area contributed by atoms with Crippen molar-refractivity contribution in [3.63, 3.8) is 0 Å². The minimum atomic E-state index is -3.75. The van der Waals surface area contributed by atoms with E-state index in [9.17, 15) is 8.42 Å². The van der Waals surface area contributed by atoms with Crippen molar-refractivity contribution >= 4 is 61.1 Å². The molecule has 0 aliphatic heterocycles. The number of fused-ring (bicyclic) bond motifs is 1. The molecule has 164 valence electrons. The predicted molar refractivity (Wildman–Crippen MR) is 135 cm³/mol.